The summed E-state index contributed by atoms with van der Waals surface area (Å²) in [6.45, 7) is -0.267. The molecule has 3 N–H and O–H groups in total. The van der Waals surface area contributed by atoms with Crippen molar-refractivity contribution in [3.63, 3.8) is 0 Å². The van der Waals surface area contributed by atoms with Gasteiger partial charge in [-0.1, -0.05) is 12.1 Å². The number of hydrogen-bond acceptors (Lipinski definition) is 2. The zero-order chi connectivity index (χ0) is 9.14. The second kappa shape index (κ2) is 3.49. The van der Waals surface area contributed by atoms with Crippen molar-refractivity contribution in [1.29, 1.82) is 0 Å². The predicted octanol–water partition coefficient (Wildman–Crippen LogP) is 1.50. The third-order valence-corrected chi connectivity index (χ3v) is 1.56. The van der Waals surface area contributed by atoms with Gasteiger partial charge in [-0.15, -0.1) is 0 Å². The molecule has 0 aliphatic carbocycles. The van der Waals surface area contributed by atoms with Crippen molar-refractivity contribution in [1.82, 2.24) is 0 Å². The van der Waals surface area contributed by atoms with Gasteiger partial charge < -0.3 is 10.8 Å². The van der Waals surface area contributed by atoms with E-state index in [0.717, 1.165) is 6.07 Å². The van der Waals surface area contributed by atoms with Crippen LogP contribution in [-0.4, -0.2) is 11.7 Å². The molecule has 66 valence electrons. The maximum atomic E-state index is 12.9. The summed E-state index contributed by atoms with van der Waals surface area (Å²) in [4.78, 5) is 0. The lowest BCUT2D eigenvalue weighted by atomic mass is 10.1. The van der Waals surface area contributed by atoms with Gasteiger partial charge in [-0.3, -0.25) is 0 Å². The van der Waals surface area contributed by atoms with Gasteiger partial charge in [0.25, 0.3) is 0 Å². The highest BCUT2D eigenvalue weighted by Crippen LogP contribution is 2.28. The average molecular weight is 173 g/mol. The quantitative estimate of drug-likeness (QED) is 0.711. The first kappa shape index (κ1) is 8.93. The molecule has 0 spiro atoms. The average Bonchev–Trinajstić information content (AvgIpc) is 2.08. The summed E-state index contributed by atoms with van der Waals surface area (Å²) in [5.41, 5.74) is 4.91. The van der Waals surface area contributed by atoms with Gasteiger partial charge in [0.2, 0.25) is 0 Å². The first-order valence-electron chi connectivity index (χ1n) is 3.48. The minimum atomic E-state index is -1.51. The fourth-order valence-electron chi connectivity index (χ4n) is 0.912. The van der Waals surface area contributed by atoms with Crippen LogP contribution in [0.3, 0.4) is 0 Å². The van der Waals surface area contributed by atoms with Crippen LogP contribution in [0.15, 0.2) is 18.2 Å². The summed E-state index contributed by atoms with van der Waals surface area (Å²) in [6, 6.07) is 3.69. The predicted molar refractivity (Wildman–Crippen MR) is 41.0 cm³/mol. The molecular weight excluding hydrogens is 164 g/mol. The van der Waals surface area contributed by atoms with Crippen molar-refractivity contribution in [3.8, 4) is 5.75 Å². The highest BCUT2D eigenvalue weighted by molar-refractivity contribution is 5.35. The second-order valence-corrected chi connectivity index (χ2v) is 2.38. The van der Waals surface area contributed by atoms with Gasteiger partial charge in [-0.2, -0.15) is 0 Å². The molecule has 0 saturated heterocycles. The molecule has 2 nitrogen and oxygen atoms in total. The maximum Gasteiger partial charge on any atom is 0.165 e. The molecule has 1 aromatic rings. The van der Waals surface area contributed by atoms with E-state index >= 15 is 0 Å². The highest BCUT2D eigenvalue weighted by Gasteiger charge is 2.14. The van der Waals surface area contributed by atoms with Crippen molar-refractivity contribution < 1.29 is 13.9 Å². The Kier molecular flexibility index (Phi) is 2.60. The first-order valence-corrected chi connectivity index (χ1v) is 3.48. The second-order valence-electron chi connectivity index (χ2n) is 2.38. The van der Waals surface area contributed by atoms with Gasteiger partial charge in [-0.25, -0.2) is 8.78 Å². The van der Waals surface area contributed by atoms with Crippen LogP contribution in [-0.2, 0) is 0 Å². The number of hydrogen-bond donors (Lipinski definition) is 2. The smallest absolute Gasteiger partial charge is 0.165 e. The zero-order valence-corrected chi connectivity index (χ0v) is 6.30. The van der Waals surface area contributed by atoms with Gasteiger partial charge in [0, 0.05) is 12.1 Å². The molecular formula is C8H9F2NO. The summed E-state index contributed by atoms with van der Waals surface area (Å²) < 4.78 is 25.5. The van der Waals surface area contributed by atoms with E-state index in [2.05, 4.69) is 0 Å². The molecule has 0 fully saturated rings. The Morgan fingerprint density at radius 1 is 1.50 bits per heavy atom. The SMILES string of the molecule is NCC(F)c1cccc(F)c1O. The molecule has 1 aromatic carbocycles. The topological polar surface area (TPSA) is 46.2 Å². The fourth-order valence-corrected chi connectivity index (χ4v) is 0.912. The van der Waals surface area contributed by atoms with Gasteiger partial charge in [0.1, 0.15) is 6.17 Å². The molecule has 4 heteroatoms. The Balaban J connectivity index is 3.07. The number of halogens is 2. The van der Waals surface area contributed by atoms with E-state index in [1.54, 1.807) is 0 Å². The minimum absolute atomic E-state index is 0.0995. The number of rotatable bonds is 2. The molecule has 0 aliphatic heterocycles. The molecule has 0 amide bonds. The lowest BCUT2D eigenvalue weighted by Crippen LogP contribution is -2.08. The minimum Gasteiger partial charge on any atom is -0.505 e. The number of para-hydroxylation sites is 1. The molecule has 1 atom stereocenters. The van der Waals surface area contributed by atoms with E-state index in [9.17, 15) is 8.78 Å². The van der Waals surface area contributed by atoms with Crippen LogP contribution in [0.5, 0.6) is 5.75 Å². The first-order chi connectivity index (χ1) is 5.66. The number of phenolic OH excluding ortho intramolecular Hbond substituents is 1. The van der Waals surface area contributed by atoms with Crippen LogP contribution < -0.4 is 5.73 Å². The Morgan fingerprint density at radius 3 is 2.75 bits per heavy atom. The molecule has 12 heavy (non-hydrogen) atoms. The molecule has 0 aromatic heterocycles. The number of aromatic hydroxyl groups is 1. The van der Waals surface area contributed by atoms with E-state index < -0.39 is 17.7 Å². The van der Waals surface area contributed by atoms with Crippen molar-refractivity contribution in [3.05, 3.63) is 29.6 Å². The lowest BCUT2D eigenvalue weighted by Gasteiger charge is -2.07. The largest absolute Gasteiger partial charge is 0.505 e. The van der Waals surface area contributed by atoms with Crippen LogP contribution in [0.1, 0.15) is 11.7 Å². The van der Waals surface area contributed by atoms with Gasteiger partial charge in [-0.05, 0) is 6.07 Å². The van der Waals surface area contributed by atoms with Crippen molar-refractivity contribution in [2.45, 2.75) is 6.17 Å². The van der Waals surface area contributed by atoms with E-state index in [1.165, 1.54) is 12.1 Å². The highest BCUT2D eigenvalue weighted by atomic mass is 19.1. The molecule has 0 aliphatic rings. The monoisotopic (exact) mass is 173 g/mol. The zero-order valence-electron chi connectivity index (χ0n) is 6.30. The maximum absolute atomic E-state index is 12.9. The number of phenols is 1. The molecule has 0 saturated carbocycles. The van der Waals surface area contributed by atoms with Crippen molar-refractivity contribution in [2.24, 2.45) is 5.73 Å². The van der Waals surface area contributed by atoms with E-state index in [4.69, 9.17) is 10.8 Å². The molecule has 0 bridgehead atoms. The molecule has 0 heterocycles. The Bertz CT molecular complexity index is 278. The summed E-state index contributed by atoms with van der Waals surface area (Å²) in [7, 11) is 0. The lowest BCUT2D eigenvalue weighted by molar-refractivity contribution is 0.331. The molecule has 1 unspecified atom stereocenters. The van der Waals surface area contributed by atoms with E-state index in [0.29, 0.717) is 0 Å². The Labute approximate surface area is 68.6 Å². The number of nitrogens with two attached hydrogens (primary N) is 1. The van der Waals surface area contributed by atoms with Crippen molar-refractivity contribution >= 4 is 0 Å². The summed E-state index contributed by atoms with van der Waals surface area (Å²) in [5.74, 6) is -1.49. The fraction of sp³-hybridized carbons (Fsp3) is 0.250. The standard InChI is InChI=1S/C8H9F2NO/c9-6-3-1-2-5(8(6)12)7(10)4-11/h1-3,7,12H,4,11H2. The summed E-state index contributed by atoms with van der Waals surface area (Å²) in [6.07, 6.45) is -1.51. The van der Waals surface area contributed by atoms with Crippen LogP contribution in [0, 0.1) is 5.82 Å². The third kappa shape index (κ3) is 1.53. The summed E-state index contributed by atoms with van der Waals surface area (Å²) >= 11 is 0. The van der Waals surface area contributed by atoms with Crippen molar-refractivity contribution in [2.75, 3.05) is 6.54 Å². The van der Waals surface area contributed by atoms with Crippen LogP contribution >= 0.6 is 0 Å². The molecule has 1 rings (SSSR count). The normalized spacial score (nSPS) is 12.9. The number of benzene rings is 1. The van der Waals surface area contributed by atoms with E-state index in [-0.39, 0.29) is 12.1 Å². The molecule has 0 radical (unpaired) electrons. The third-order valence-electron chi connectivity index (χ3n) is 1.56. The van der Waals surface area contributed by atoms with Gasteiger partial charge in [0.05, 0.1) is 0 Å². The number of alkyl halides is 1. The van der Waals surface area contributed by atoms with Gasteiger partial charge >= 0.3 is 0 Å². The Hall–Kier alpha value is -1.16. The van der Waals surface area contributed by atoms with Crippen LogP contribution in [0.4, 0.5) is 8.78 Å². The van der Waals surface area contributed by atoms with Gasteiger partial charge in [0.15, 0.2) is 11.6 Å². The van der Waals surface area contributed by atoms with E-state index in [1.807, 2.05) is 0 Å². The Morgan fingerprint density at radius 2 is 2.17 bits per heavy atom. The summed E-state index contributed by atoms with van der Waals surface area (Å²) in [5, 5.41) is 9.03. The van der Waals surface area contributed by atoms with Crippen LogP contribution in [0.2, 0.25) is 0 Å². The van der Waals surface area contributed by atoms with Crippen LogP contribution in [0.25, 0.3) is 0 Å².